The zero-order valence-corrected chi connectivity index (χ0v) is 14.2. The lowest BCUT2D eigenvalue weighted by molar-refractivity contribution is 0.508. The second-order valence-corrected chi connectivity index (χ2v) is 5.62. The molecule has 2 heterocycles. The van der Waals surface area contributed by atoms with Gasteiger partial charge in [0.15, 0.2) is 0 Å². The summed E-state index contributed by atoms with van der Waals surface area (Å²) < 4.78 is 3.94. The minimum Gasteiger partial charge on any atom is -0.311 e. The number of halogens is 1. The lowest BCUT2D eigenvalue weighted by Gasteiger charge is -2.17. The number of nitrogens with one attached hydrogen (secondary N) is 1. The predicted octanol–water partition coefficient (Wildman–Crippen LogP) is 2.66. The quantitative estimate of drug-likeness (QED) is 0.892. The van der Waals surface area contributed by atoms with Crippen LogP contribution >= 0.6 is 11.6 Å². The fraction of sp³-hybridized carbons (Fsp3) is 0.600. The van der Waals surface area contributed by atoms with E-state index < -0.39 is 0 Å². The molecular weight excluding hydrogens is 286 g/mol. The van der Waals surface area contributed by atoms with Gasteiger partial charge in [0.1, 0.15) is 0 Å². The molecule has 2 rings (SSSR count). The van der Waals surface area contributed by atoms with Crippen molar-refractivity contribution in [3.05, 3.63) is 33.9 Å². The molecule has 0 bridgehead atoms. The first-order valence-corrected chi connectivity index (χ1v) is 7.81. The highest BCUT2D eigenvalue weighted by atomic mass is 35.5. The maximum Gasteiger partial charge on any atom is 0.0847 e. The van der Waals surface area contributed by atoms with Gasteiger partial charge in [-0.05, 0) is 33.4 Å². The molecule has 0 aliphatic heterocycles. The van der Waals surface area contributed by atoms with E-state index in [0.717, 1.165) is 41.5 Å². The van der Waals surface area contributed by atoms with Crippen LogP contribution in [0.5, 0.6) is 0 Å². The van der Waals surface area contributed by atoms with E-state index in [1.165, 1.54) is 5.69 Å². The average Bonchev–Trinajstić information content (AvgIpc) is 2.98. The summed E-state index contributed by atoms with van der Waals surface area (Å²) in [6.45, 7) is 6.98. The van der Waals surface area contributed by atoms with E-state index in [-0.39, 0.29) is 6.04 Å². The molecule has 2 aromatic heterocycles. The van der Waals surface area contributed by atoms with Gasteiger partial charge in [-0.25, -0.2) is 0 Å². The normalized spacial score (nSPS) is 12.9. The number of aryl methyl sites for hydroxylation is 4. The molecule has 6 heteroatoms. The molecule has 0 aromatic carbocycles. The third-order valence-electron chi connectivity index (χ3n) is 3.88. The molecule has 0 aliphatic carbocycles. The molecule has 0 aliphatic rings. The van der Waals surface area contributed by atoms with Gasteiger partial charge in [0.2, 0.25) is 0 Å². The second kappa shape index (κ2) is 6.62. The Morgan fingerprint density at radius 1 is 1.33 bits per heavy atom. The van der Waals surface area contributed by atoms with Crippen LogP contribution in [0, 0.1) is 6.92 Å². The molecule has 0 spiro atoms. The summed E-state index contributed by atoms with van der Waals surface area (Å²) in [6, 6.07) is 2.33. The summed E-state index contributed by atoms with van der Waals surface area (Å²) in [5.74, 6) is 0. The van der Waals surface area contributed by atoms with Crippen LogP contribution < -0.4 is 5.32 Å². The first kappa shape index (κ1) is 16.0. The highest BCUT2D eigenvalue weighted by Gasteiger charge is 2.21. The van der Waals surface area contributed by atoms with Crippen molar-refractivity contribution in [3.8, 4) is 0 Å². The maximum absolute atomic E-state index is 6.42. The average molecular weight is 310 g/mol. The van der Waals surface area contributed by atoms with E-state index in [0.29, 0.717) is 0 Å². The van der Waals surface area contributed by atoms with E-state index in [1.807, 2.05) is 30.4 Å². The van der Waals surface area contributed by atoms with Gasteiger partial charge >= 0.3 is 0 Å². The zero-order chi connectivity index (χ0) is 15.6. The lowest BCUT2D eigenvalue weighted by atomic mass is 10.1. The third-order valence-corrected chi connectivity index (χ3v) is 4.38. The van der Waals surface area contributed by atoms with Crippen LogP contribution in [0.15, 0.2) is 6.07 Å². The van der Waals surface area contributed by atoms with Crippen LogP contribution in [0.3, 0.4) is 0 Å². The van der Waals surface area contributed by atoms with Crippen LogP contribution in [-0.2, 0) is 26.4 Å². The lowest BCUT2D eigenvalue weighted by Crippen LogP contribution is -2.23. The van der Waals surface area contributed by atoms with Crippen molar-refractivity contribution < 1.29 is 0 Å². The molecule has 0 fully saturated rings. The monoisotopic (exact) mass is 309 g/mol. The van der Waals surface area contributed by atoms with Crippen molar-refractivity contribution in [1.29, 1.82) is 0 Å². The first-order valence-electron chi connectivity index (χ1n) is 7.43. The minimum absolute atomic E-state index is 0.168. The van der Waals surface area contributed by atoms with Crippen LogP contribution in [0.4, 0.5) is 0 Å². The van der Waals surface area contributed by atoms with Crippen LogP contribution in [0.25, 0.3) is 0 Å². The largest absolute Gasteiger partial charge is 0.311 e. The van der Waals surface area contributed by atoms with Gasteiger partial charge in [-0.1, -0.05) is 18.5 Å². The topological polar surface area (TPSA) is 47.7 Å². The summed E-state index contributed by atoms with van der Waals surface area (Å²) in [4.78, 5) is 0. The van der Waals surface area contributed by atoms with Gasteiger partial charge < -0.3 is 5.32 Å². The van der Waals surface area contributed by atoms with E-state index >= 15 is 0 Å². The van der Waals surface area contributed by atoms with E-state index in [1.54, 1.807) is 0 Å². The Labute approximate surface area is 131 Å². The Hall–Kier alpha value is -1.33. The number of hydrogen-bond acceptors (Lipinski definition) is 3. The summed E-state index contributed by atoms with van der Waals surface area (Å²) in [6.07, 6.45) is 1.74. The highest BCUT2D eigenvalue weighted by molar-refractivity contribution is 6.31. The molecule has 21 heavy (non-hydrogen) atoms. The fourth-order valence-corrected chi connectivity index (χ4v) is 2.87. The van der Waals surface area contributed by atoms with Crippen molar-refractivity contribution in [1.82, 2.24) is 24.9 Å². The third kappa shape index (κ3) is 3.14. The molecule has 116 valence electrons. The molecular formula is C15H24ClN5. The van der Waals surface area contributed by atoms with E-state index in [9.17, 15) is 0 Å². The standard InChI is InChI=1S/C15H24ClN5/c1-6-11-8-13(20(5)19-11)12(17-4)9-14-15(16)10(3)18-21(14)7-2/h8,12,17H,6-7,9H2,1-5H3. The molecule has 0 amide bonds. The maximum atomic E-state index is 6.42. The Balaban J connectivity index is 2.33. The second-order valence-electron chi connectivity index (χ2n) is 5.24. The van der Waals surface area contributed by atoms with Crippen LogP contribution in [0.1, 0.15) is 42.7 Å². The number of rotatable bonds is 6. The van der Waals surface area contributed by atoms with Gasteiger partial charge in [0.05, 0.1) is 33.8 Å². The van der Waals surface area contributed by atoms with E-state index in [4.69, 9.17) is 11.6 Å². The highest BCUT2D eigenvalue weighted by Crippen LogP contribution is 2.26. The van der Waals surface area contributed by atoms with Gasteiger partial charge in [-0.15, -0.1) is 0 Å². The first-order chi connectivity index (χ1) is 10.0. The van der Waals surface area contributed by atoms with E-state index in [2.05, 4.69) is 35.4 Å². The number of likely N-dealkylation sites (N-methyl/N-ethyl adjacent to an activating group) is 1. The molecule has 2 aromatic rings. The number of aromatic nitrogens is 4. The van der Waals surface area contributed by atoms with Crippen molar-refractivity contribution in [2.45, 2.75) is 46.2 Å². The summed E-state index contributed by atoms with van der Waals surface area (Å²) >= 11 is 6.42. The molecule has 5 nitrogen and oxygen atoms in total. The fourth-order valence-electron chi connectivity index (χ4n) is 2.65. The van der Waals surface area contributed by atoms with Crippen LogP contribution in [0.2, 0.25) is 5.02 Å². The van der Waals surface area contributed by atoms with Gasteiger partial charge in [-0.2, -0.15) is 10.2 Å². The van der Waals surface area contributed by atoms with Crippen LogP contribution in [-0.4, -0.2) is 26.6 Å². The molecule has 0 saturated carbocycles. The number of nitrogens with zero attached hydrogens (tertiary/aromatic N) is 4. The van der Waals surface area contributed by atoms with Gasteiger partial charge in [0.25, 0.3) is 0 Å². The predicted molar refractivity (Wildman–Crippen MR) is 85.7 cm³/mol. The Bertz CT molecular complexity index is 614. The molecule has 1 unspecified atom stereocenters. The molecule has 1 N–H and O–H groups in total. The summed E-state index contributed by atoms with van der Waals surface area (Å²) in [7, 11) is 3.96. The molecule has 0 saturated heterocycles. The van der Waals surface area contributed by atoms with Gasteiger partial charge in [0, 0.05) is 20.0 Å². The van der Waals surface area contributed by atoms with Crippen molar-refractivity contribution in [2.75, 3.05) is 7.05 Å². The Morgan fingerprint density at radius 2 is 2.05 bits per heavy atom. The smallest absolute Gasteiger partial charge is 0.0847 e. The van der Waals surface area contributed by atoms with Crippen molar-refractivity contribution in [3.63, 3.8) is 0 Å². The van der Waals surface area contributed by atoms with Gasteiger partial charge in [-0.3, -0.25) is 9.36 Å². The van der Waals surface area contributed by atoms with Crippen molar-refractivity contribution in [2.24, 2.45) is 7.05 Å². The molecule has 0 radical (unpaired) electrons. The Morgan fingerprint density at radius 3 is 2.57 bits per heavy atom. The summed E-state index contributed by atoms with van der Waals surface area (Å²) in [5.41, 5.74) is 4.25. The molecule has 1 atom stereocenters. The Kier molecular flexibility index (Phi) is 5.06. The van der Waals surface area contributed by atoms with Crippen molar-refractivity contribution >= 4 is 11.6 Å². The minimum atomic E-state index is 0.168. The number of hydrogen-bond donors (Lipinski definition) is 1. The zero-order valence-electron chi connectivity index (χ0n) is 13.4. The summed E-state index contributed by atoms with van der Waals surface area (Å²) in [5, 5.41) is 13.2. The SMILES string of the molecule is CCc1cc(C(Cc2c(Cl)c(C)nn2CC)NC)n(C)n1.